The first kappa shape index (κ1) is 23.0. The maximum Gasteiger partial charge on any atom is 0.408 e. The van der Waals surface area contributed by atoms with Gasteiger partial charge < -0.3 is 20.5 Å². The van der Waals surface area contributed by atoms with E-state index in [-0.39, 0.29) is 29.9 Å². The van der Waals surface area contributed by atoms with Crippen LogP contribution in [0.25, 0.3) is 11.1 Å². The van der Waals surface area contributed by atoms with Crippen molar-refractivity contribution in [2.45, 2.75) is 43.7 Å². The molecule has 1 heterocycles. The summed E-state index contributed by atoms with van der Waals surface area (Å²) in [6, 6.07) is 16.2. The molecule has 0 aliphatic heterocycles. The van der Waals surface area contributed by atoms with Crippen molar-refractivity contribution >= 4 is 29.3 Å². The summed E-state index contributed by atoms with van der Waals surface area (Å²) in [5, 5.41) is 15.2. The van der Waals surface area contributed by atoms with E-state index in [2.05, 4.69) is 39.9 Å². The minimum Gasteiger partial charge on any atom is -0.477 e. The Kier molecular flexibility index (Phi) is 6.25. The average Bonchev–Trinajstić information content (AvgIpc) is 3.60. The molecule has 0 bridgehead atoms. The van der Waals surface area contributed by atoms with Gasteiger partial charge in [0.05, 0.1) is 12.7 Å². The number of ether oxygens (including phenoxy) is 1. The number of benzene rings is 2. The Labute approximate surface area is 206 Å². The summed E-state index contributed by atoms with van der Waals surface area (Å²) in [5.74, 6) is -1.42. The molecule has 8 nitrogen and oxygen atoms in total. The first-order chi connectivity index (χ1) is 17.0. The van der Waals surface area contributed by atoms with Crippen LogP contribution in [0.1, 0.15) is 57.4 Å². The zero-order valence-corrected chi connectivity index (χ0v) is 19.8. The lowest BCUT2D eigenvalue weighted by Gasteiger charge is -2.28. The van der Waals surface area contributed by atoms with E-state index in [4.69, 9.17) is 9.84 Å². The highest BCUT2D eigenvalue weighted by Gasteiger charge is 2.43. The third-order valence-electron chi connectivity index (χ3n) is 6.74. The zero-order valence-electron chi connectivity index (χ0n) is 19.0. The predicted molar refractivity (Wildman–Crippen MR) is 130 cm³/mol. The van der Waals surface area contributed by atoms with Crippen LogP contribution in [0.15, 0.2) is 54.7 Å². The number of thiazole rings is 1. The van der Waals surface area contributed by atoms with Crippen LogP contribution in [-0.2, 0) is 16.1 Å². The van der Waals surface area contributed by atoms with Gasteiger partial charge in [0, 0.05) is 5.92 Å². The summed E-state index contributed by atoms with van der Waals surface area (Å²) in [4.78, 5) is 41.1. The maximum absolute atomic E-state index is 13.1. The van der Waals surface area contributed by atoms with Crippen molar-refractivity contribution in [3.05, 3.63) is 75.7 Å². The highest BCUT2D eigenvalue weighted by Crippen LogP contribution is 2.44. The number of amides is 2. The molecule has 0 radical (unpaired) electrons. The molecule has 35 heavy (non-hydrogen) atoms. The van der Waals surface area contributed by atoms with Crippen LogP contribution >= 0.6 is 11.3 Å². The molecule has 1 aromatic heterocycles. The predicted octanol–water partition coefficient (Wildman–Crippen LogP) is 4.31. The third kappa shape index (κ3) is 4.51. The normalized spacial score (nSPS) is 15.8. The van der Waals surface area contributed by atoms with Crippen LogP contribution < -0.4 is 10.6 Å². The molecule has 0 unspecified atom stereocenters. The van der Waals surface area contributed by atoms with E-state index in [1.54, 1.807) is 0 Å². The van der Waals surface area contributed by atoms with Gasteiger partial charge in [-0.3, -0.25) is 4.79 Å². The fourth-order valence-electron chi connectivity index (χ4n) is 5.03. The highest BCUT2D eigenvalue weighted by atomic mass is 32.1. The molecule has 2 aliphatic carbocycles. The Hall–Kier alpha value is -3.72. The number of rotatable bonds is 7. The quantitative estimate of drug-likeness (QED) is 0.453. The number of hydrogen-bond acceptors (Lipinski definition) is 6. The molecule has 0 saturated heterocycles. The Balaban J connectivity index is 1.23. The molecule has 3 N–H and O–H groups in total. The van der Waals surface area contributed by atoms with Gasteiger partial charge in [0.25, 0.3) is 0 Å². The van der Waals surface area contributed by atoms with Crippen LogP contribution in [0, 0.1) is 0 Å². The Bertz CT molecular complexity index is 1240. The number of carboxylic acid groups (broad SMARTS) is 1. The summed E-state index contributed by atoms with van der Waals surface area (Å²) in [5.41, 5.74) is 3.50. The molecule has 5 rings (SSSR count). The van der Waals surface area contributed by atoms with E-state index in [0.717, 1.165) is 46.4 Å². The third-order valence-corrected chi connectivity index (χ3v) is 7.73. The van der Waals surface area contributed by atoms with Crippen molar-refractivity contribution in [2.24, 2.45) is 0 Å². The first-order valence-electron chi connectivity index (χ1n) is 11.6. The molecule has 180 valence electrons. The first-order valence-corrected chi connectivity index (χ1v) is 12.4. The van der Waals surface area contributed by atoms with Crippen molar-refractivity contribution < 1.29 is 24.2 Å². The number of carbonyl (C=O) groups excluding carboxylic acids is 2. The van der Waals surface area contributed by atoms with Crippen molar-refractivity contribution in [3.63, 3.8) is 0 Å². The second-order valence-corrected chi connectivity index (χ2v) is 9.96. The summed E-state index contributed by atoms with van der Waals surface area (Å²) >= 11 is 1.01. The monoisotopic (exact) mass is 491 g/mol. The van der Waals surface area contributed by atoms with Crippen LogP contribution in [0.4, 0.5) is 4.79 Å². The number of alkyl carbamates (subject to hydrolysis) is 1. The summed E-state index contributed by atoms with van der Waals surface area (Å²) < 4.78 is 5.66. The second kappa shape index (κ2) is 9.50. The number of nitrogens with zero attached hydrogens (tertiary/aromatic N) is 1. The molecule has 0 atom stereocenters. The van der Waals surface area contributed by atoms with Gasteiger partial charge in [-0.05, 0) is 35.1 Å². The molecular weight excluding hydrogens is 466 g/mol. The maximum atomic E-state index is 13.1. The molecule has 3 aromatic rings. The number of carboxylic acids is 1. The lowest BCUT2D eigenvalue weighted by atomic mass is 9.96. The number of carbonyl (C=O) groups is 3. The van der Waals surface area contributed by atoms with Crippen molar-refractivity contribution in [2.75, 3.05) is 6.61 Å². The number of fused-ring (bicyclic) bond motifs is 3. The fourth-order valence-corrected chi connectivity index (χ4v) is 5.73. The fraction of sp³-hybridized carbons (Fsp3) is 0.308. The highest BCUT2D eigenvalue weighted by molar-refractivity contribution is 7.13. The van der Waals surface area contributed by atoms with E-state index in [0.29, 0.717) is 17.8 Å². The van der Waals surface area contributed by atoms with Gasteiger partial charge in [0.2, 0.25) is 5.91 Å². The molecule has 2 aromatic carbocycles. The molecule has 0 spiro atoms. The lowest BCUT2D eigenvalue weighted by Crippen LogP contribution is -2.57. The number of nitrogens with one attached hydrogen (secondary N) is 2. The van der Waals surface area contributed by atoms with E-state index < -0.39 is 17.6 Å². The second-order valence-electron chi connectivity index (χ2n) is 8.85. The summed E-state index contributed by atoms with van der Waals surface area (Å²) in [7, 11) is 0. The van der Waals surface area contributed by atoms with E-state index in [1.807, 2.05) is 24.3 Å². The topological polar surface area (TPSA) is 118 Å². The molecule has 2 amide bonds. The zero-order chi connectivity index (χ0) is 24.4. The van der Waals surface area contributed by atoms with Gasteiger partial charge in [-0.2, -0.15) is 0 Å². The van der Waals surface area contributed by atoms with Crippen molar-refractivity contribution in [1.82, 2.24) is 15.6 Å². The Morgan fingerprint density at radius 2 is 1.66 bits per heavy atom. The SMILES string of the molecule is O=C(NC1(C(=O)NCc2ncc(C(=O)O)s2)CCCC1)OCC1c2ccccc2-c2ccccc21. The lowest BCUT2D eigenvalue weighted by molar-refractivity contribution is -0.127. The summed E-state index contributed by atoms with van der Waals surface area (Å²) in [6.45, 7) is 0.277. The Morgan fingerprint density at radius 1 is 1.03 bits per heavy atom. The smallest absolute Gasteiger partial charge is 0.408 e. The molecule has 9 heteroatoms. The van der Waals surface area contributed by atoms with Gasteiger partial charge in [0.15, 0.2) is 0 Å². The van der Waals surface area contributed by atoms with Gasteiger partial charge in [-0.25, -0.2) is 14.6 Å². The Morgan fingerprint density at radius 3 is 2.26 bits per heavy atom. The van der Waals surface area contributed by atoms with Crippen LogP contribution in [0.2, 0.25) is 0 Å². The largest absolute Gasteiger partial charge is 0.477 e. The van der Waals surface area contributed by atoms with Crippen molar-refractivity contribution in [3.8, 4) is 11.1 Å². The standard InChI is InChI=1S/C26H25N3O5S/c30-23(31)21-13-27-22(35-21)14-28-24(32)26(11-5-6-12-26)29-25(33)34-15-20-18-9-3-1-7-16(18)17-8-2-4-10-19(17)20/h1-4,7-10,13,20H,5-6,11-12,14-15H2,(H,28,32)(H,29,33)(H,30,31). The summed E-state index contributed by atoms with van der Waals surface area (Å²) in [6.07, 6.45) is 3.32. The molecule has 2 aliphatic rings. The van der Waals surface area contributed by atoms with E-state index >= 15 is 0 Å². The van der Waals surface area contributed by atoms with Crippen LogP contribution in [0.5, 0.6) is 0 Å². The van der Waals surface area contributed by atoms with Crippen LogP contribution in [-0.4, -0.2) is 40.2 Å². The van der Waals surface area contributed by atoms with Crippen LogP contribution in [0.3, 0.4) is 0 Å². The number of aromatic nitrogens is 1. The number of aromatic carboxylic acids is 1. The van der Waals surface area contributed by atoms with E-state index in [1.165, 1.54) is 6.20 Å². The van der Waals surface area contributed by atoms with Crippen molar-refractivity contribution in [1.29, 1.82) is 0 Å². The van der Waals surface area contributed by atoms with Gasteiger partial charge in [0.1, 0.15) is 22.0 Å². The molecular formula is C26H25N3O5S. The van der Waals surface area contributed by atoms with E-state index in [9.17, 15) is 14.4 Å². The van der Waals surface area contributed by atoms with Gasteiger partial charge >= 0.3 is 12.1 Å². The molecule has 1 fully saturated rings. The van der Waals surface area contributed by atoms with Gasteiger partial charge in [-0.15, -0.1) is 11.3 Å². The average molecular weight is 492 g/mol. The molecule has 1 saturated carbocycles. The van der Waals surface area contributed by atoms with Gasteiger partial charge in [-0.1, -0.05) is 61.4 Å². The number of hydrogen-bond donors (Lipinski definition) is 3. The minimum atomic E-state index is -1.05. The minimum absolute atomic E-state index is 0.0603.